The quantitative estimate of drug-likeness (QED) is 0.275. The molecule has 6 heteroatoms. The first kappa shape index (κ1) is 13.8. The number of rotatable bonds is 4. The van der Waals surface area contributed by atoms with Crippen LogP contribution in [-0.4, -0.2) is 33.3 Å². The van der Waals surface area contributed by atoms with Crippen LogP contribution in [0.2, 0.25) is 0 Å². The van der Waals surface area contributed by atoms with Gasteiger partial charge in [-0.3, -0.25) is 4.98 Å². The van der Waals surface area contributed by atoms with E-state index >= 15 is 0 Å². The summed E-state index contributed by atoms with van der Waals surface area (Å²) in [4.78, 5) is 4.11. The van der Waals surface area contributed by atoms with E-state index in [1.165, 1.54) is 0 Å². The van der Waals surface area contributed by atoms with Gasteiger partial charge in [0.15, 0.2) is 5.84 Å². The minimum absolute atomic E-state index is 0.00147. The summed E-state index contributed by atoms with van der Waals surface area (Å²) in [5, 5.41) is 24.9. The van der Waals surface area contributed by atoms with Crippen molar-refractivity contribution in [3.8, 4) is 0 Å². The molecule has 1 fully saturated rings. The third-order valence-electron chi connectivity index (χ3n) is 3.53. The molecule has 5 N–H and O–H groups in total. The van der Waals surface area contributed by atoms with Gasteiger partial charge in [-0.15, -0.1) is 0 Å². The van der Waals surface area contributed by atoms with Gasteiger partial charge in [0.2, 0.25) is 0 Å². The van der Waals surface area contributed by atoms with Gasteiger partial charge in [0, 0.05) is 18.8 Å². The Morgan fingerprint density at radius 1 is 1.47 bits per heavy atom. The standard InChI is InChI=1S/C13H20N4O2/c14-13(17-19)12-9(4-3-7-15-12)8-16-10-5-1-2-6-11(10)18/h3-4,7,10-11,16,18-19H,1-2,5-6,8H2,(H2,14,17). The molecule has 0 aliphatic heterocycles. The molecule has 1 aliphatic carbocycles. The zero-order chi connectivity index (χ0) is 13.7. The van der Waals surface area contributed by atoms with Gasteiger partial charge in [0.25, 0.3) is 0 Å². The molecule has 0 bridgehead atoms. The van der Waals surface area contributed by atoms with Gasteiger partial charge in [-0.2, -0.15) is 0 Å². The second-order valence-corrected chi connectivity index (χ2v) is 4.84. The average Bonchev–Trinajstić information content (AvgIpc) is 2.46. The maximum absolute atomic E-state index is 9.91. The number of pyridine rings is 1. The zero-order valence-corrected chi connectivity index (χ0v) is 10.8. The molecule has 0 aromatic carbocycles. The highest BCUT2D eigenvalue weighted by atomic mass is 16.4. The molecule has 2 atom stereocenters. The molecule has 1 aliphatic rings. The van der Waals surface area contributed by atoms with Crippen LogP contribution in [0.5, 0.6) is 0 Å². The Balaban J connectivity index is 2.03. The van der Waals surface area contributed by atoms with Crippen LogP contribution in [0.4, 0.5) is 0 Å². The fourth-order valence-electron chi connectivity index (χ4n) is 2.45. The van der Waals surface area contributed by atoms with Gasteiger partial charge in [0.05, 0.1) is 6.10 Å². The van der Waals surface area contributed by atoms with Crippen molar-refractivity contribution in [3.05, 3.63) is 29.6 Å². The summed E-state index contributed by atoms with van der Waals surface area (Å²) in [6.45, 7) is 0.543. The second-order valence-electron chi connectivity index (χ2n) is 4.84. The fourth-order valence-corrected chi connectivity index (χ4v) is 2.45. The molecule has 19 heavy (non-hydrogen) atoms. The summed E-state index contributed by atoms with van der Waals surface area (Å²) < 4.78 is 0. The Hall–Kier alpha value is -1.66. The van der Waals surface area contributed by atoms with Crippen molar-refractivity contribution in [3.63, 3.8) is 0 Å². The lowest BCUT2D eigenvalue weighted by Crippen LogP contribution is -2.41. The highest BCUT2D eigenvalue weighted by Gasteiger charge is 2.22. The maximum atomic E-state index is 9.91. The van der Waals surface area contributed by atoms with E-state index in [0.29, 0.717) is 12.2 Å². The van der Waals surface area contributed by atoms with Gasteiger partial charge < -0.3 is 21.4 Å². The predicted molar refractivity (Wildman–Crippen MR) is 71.9 cm³/mol. The highest BCUT2D eigenvalue weighted by Crippen LogP contribution is 2.19. The topological polar surface area (TPSA) is 104 Å². The van der Waals surface area contributed by atoms with E-state index in [0.717, 1.165) is 31.2 Å². The summed E-state index contributed by atoms with van der Waals surface area (Å²) in [7, 11) is 0. The first-order chi connectivity index (χ1) is 9.22. The predicted octanol–water partition coefficient (Wildman–Crippen LogP) is 0.569. The third-order valence-corrected chi connectivity index (χ3v) is 3.53. The Morgan fingerprint density at radius 2 is 2.26 bits per heavy atom. The van der Waals surface area contributed by atoms with Crippen LogP contribution in [0.25, 0.3) is 0 Å². The number of aliphatic hydroxyl groups is 1. The molecule has 1 saturated carbocycles. The summed E-state index contributed by atoms with van der Waals surface area (Å²) in [5.41, 5.74) is 6.92. The van der Waals surface area contributed by atoms with E-state index in [2.05, 4.69) is 15.5 Å². The Kier molecular flexibility index (Phi) is 4.70. The van der Waals surface area contributed by atoms with Crippen molar-refractivity contribution in [2.24, 2.45) is 10.9 Å². The number of amidine groups is 1. The van der Waals surface area contributed by atoms with Gasteiger partial charge in [-0.1, -0.05) is 24.1 Å². The molecule has 1 aromatic heterocycles. The van der Waals surface area contributed by atoms with E-state index in [4.69, 9.17) is 10.9 Å². The van der Waals surface area contributed by atoms with E-state index in [1.807, 2.05) is 12.1 Å². The minimum atomic E-state index is -0.294. The molecule has 1 aromatic rings. The fraction of sp³-hybridized carbons (Fsp3) is 0.538. The van der Waals surface area contributed by atoms with Crippen molar-refractivity contribution in [1.29, 1.82) is 0 Å². The van der Waals surface area contributed by atoms with Gasteiger partial charge in [-0.05, 0) is 24.5 Å². The average molecular weight is 264 g/mol. The Bertz CT molecular complexity index is 450. The van der Waals surface area contributed by atoms with E-state index in [9.17, 15) is 5.11 Å². The molecule has 0 saturated heterocycles. The molecule has 0 amide bonds. The summed E-state index contributed by atoms with van der Waals surface area (Å²) in [6, 6.07) is 3.79. The molecule has 0 spiro atoms. The number of hydrogen-bond donors (Lipinski definition) is 4. The van der Waals surface area contributed by atoms with Crippen molar-refractivity contribution in [1.82, 2.24) is 10.3 Å². The van der Waals surface area contributed by atoms with Crippen molar-refractivity contribution in [2.45, 2.75) is 44.4 Å². The molecule has 2 rings (SSSR count). The largest absolute Gasteiger partial charge is 0.409 e. The lowest BCUT2D eigenvalue weighted by atomic mass is 9.92. The van der Waals surface area contributed by atoms with Crippen LogP contribution >= 0.6 is 0 Å². The molecular weight excluding hydrogens is 244 g/mol. The zero-order valence-electron chi connectivity index (χ0n) is 10.8. The number of aromatic nitrogens is 1. The maximum Gasteiger partial charge on any atom is 0.189 e. The van der Waals surface area contributed by atoms with Gasteiger partial charge in [0.1, 0.15) is 5.69 Å². The first-order valence-corrected chi connectivity index (χ1v) is 6.55. The number of nitrogens with two attached hydrogens (primary N) is 1. The van der Waals surface area contributed by atoms with E-state index < -0.39 is 0 Å². The molecular formula is C13H20N4O2. The third kappa shape index (κ3) is 3.42. The number of oxime groups is 1. The van der Waals surface area contributed by atoms with Crippen molar-refractivity contribution >= 4 is 5.84 Å². The van der Waals surface area contributed by atoms with E-state index in [-0.39, 0.29) is 18.0 Å². The number of nitrogens with one attached hydrogen (secondary N) is 1. The number of aliphatic hydroxyl groups excluding tert-OH is 1. The van der Waals surface area contributed by atoms with Crippen LogP contribution in [0.3, 0.4) is 0 Å². The van der Waals surface area contributed by atoms with Crippen LogP contribution in [0.15, 0.2) is 23.5 Å². The van der Waals surface area contributed by atoms with Crippen LogP contribution in [-0.2, 0) is 6.54 Å². The number of nitrogens with zero attached hydrogens (tertiary/aromatic N) is 2. The monoisotopic (exact) mass is 264 g/mol. The lowest BCUT2D eigenvalue weighted by Gasteiger charge is -2.28. The molecule has 2 unspecified atom stereocenters. The normalized spacial score (nSPS) is 24.4. The summed E-state index contributed by atoms with van der Waals surface area (Å²) in [5.74, 6) is 0.00147. The van der Waals surface area contributed by atoms with Gasteiger partial charge >= 0.3 is 0 Å². The number of hydrogen-bond acceptors (Lipinski definition) is 5. The lowest BCUT2D eigenvalue weighted by molar-refractivity contribution is 0.0902. The Morgan fingerprint density at radius 3 is 3.00 bits per heavy atom. The summed E-state index contributed by atoms with van der Waals surface area (Å²) >= 11 is 0. The molecule has 104 valence electrons. The van der Waals surface area contributed by atoms with Crippen LogP contribution in [0, 0.1) is 0 Å². The first-order valence-electron chi connectivity index (χ1n) is 6.55. The van der Waals surface area contributed by atoms with Crippen LogP contribution < -0.4 is 11.1 Å². The van der Waals surface area contributed by atoms with Gasteiger partial charge in [-0.25, -0.2) is 0 Å². The molecule has 0 radical (unpaired) electrons. The SMILES string of the molecule is NC(=NO)c1ncccc1CNC1CCCCC1O. The van der Waals surface area contributed by atoms with Crippen molar-refractivity contribution in [2.75, 3.05) is 0 Å². The minimum Gasteiger partial charge on any atom is -0.409 e. The smallest absolute Gasteiger partial charge is 0.189 e. The summed E-state index contributed by atoms with van der Waals surface area (Å²) in [6.07, 6.45) is 5.35. The Labute approximate surface area is 112 Å². The second kappa shape index (κ2) is 6.49. The van der Waals surface area contributed by atoms with Crippen molar-refractivity contribution < 1.29 is 10.3 Å². The van der Waals surface area contributed by atoms with E-state index in [1.54, 1.807) is 6.20 Å². The molecule has 1 heterocycles. The highest BCUT2D eigenvalue weighted by molar-refractivity contribution is 5.96. The van der Waals surface area contributed by atoms with Crippen LogP contribution in [0.1, 0.15) is 36.9 Å². The molecule has 6 nitrogen and oxygen atoms in total.